The van der Waals surface area contributed by atoms with E-state index in [-0.39, 0.29) is 18.0 Å². The first-order valence-corrected chi connectivity index (χ1v) is 12.8. The summed E-state index contributed by atoms with van der Waals surface area (Å²) >= 11 is 0. The van der Waals surface area contributed by atoms with Crippen LogP contribution >= 0.6 is 0 Å². The van der Waals surface area contributed by atoms with Crippen molar-refractivity contribution in [3.8, 4) is 11.8 Å². The highest BCUT2D eigenvalue weighted by Crippen LogP contribution is 2.40. The Balaban J connectivity index is 1.46. The van der Waals surface area contributed by atoms with Crippen LogP contribution in [0.3, 0.4) is 0 Å². The van der Waals surface area contributed by atoms with Crippen molar-refractivity contribution in [2.45, 2.75) is 26.3 Å². The second-order valence-corrected chi connectivity index (χ2v) is 9.48. The van der Waals surface area contributed by atoms with Crippen molar-refractivity contribution in [1.29, 1.82) is 0 Å². The number of carbonyl (C=O) groups is 1. The number of amides is 1. The Labute approximate surface area is 218 Å². The average Bonchev–Trinajstić information content (AvgIpc) is 2.93. The van der Waals surface area contributed by atoms with Gasteiger partial charge < -0.3 is 5.32 Å². The van der Waals surface area contributed by atoms with Crippen LogP contribution in [0.4, 0.5) is 0 Å². The van der Waals surface area contributed by atoms with Gasteiger partial charge in [0.15, 0.2) is 0 Å². The largest absolute Gasteiger partial charge is 0.355 e. The maximum absolute atomic E-state index is 12.5. The maximum atomic E-state index is 12.5. The van der Waals surface area contributed by atoms with E-state index in [2.05, 4.69) is 70.7 Å². The van der Waals surface area contributed by atoms with Crippen LogP contribution in [-0.4, -0.2) is 22.0 Å². The van der Waals surface area contributed by atoms with Gasteiger partial charge in [-0.2, -0.15) is 0 Å². The molecule has 0 fully saturated rings. The Bertz CT molecular complexity index is 1990. The third kappa shape index (κ3) is 3.99. The molecule has 0 bridgehead atoms. The predicted molar refractivity (Wildman–Crippen MR) is 153 cm³/mol. The molecule has 6 heteroatoms. The third-order valence-corrected chi connectivity index (χ3v) is 7.03. The van der Waals surface area contributed by atoms with Crippen molar-refractivity contribution in [3.05, 3.63) is 105 Å². The van der Waals surface area contributed by atoms with E-state index in [0.29, 0.717) is 6.54 Å². The SMILES string of the molecule is CCCCNC(=O)Cn1cc(C#Cc2ccc3c4cccc5cccc(c6cccc2c63)c54)c(=O)[nH]c1=O. The van der Waals surface area contributed by atoms with Crippen LogP contribution in [0.15, 0.2) is 82.5 Å². The summed E-state index contributed by atoms with van der Waals surface area (Å²) in [6, 6.07) is 23.0. The Hall–Kier alpha value is -4.89. The molecule has 0 saturated carbocycles. The van der Waals surface area contributed by atoms with Crippen LogP contribution in [0.1, 0.15) is 30.9 Å². The van der Waals surface area contributed by atoms with Gasteiger partial charge in [-0.15, -0.1) is 0 Å². The fraction of sp³-hybridized carbons (Fsp3) is 0.156. The number of benzene rings is 5. The van der Waals surface area contributed by atoms with Gasteiger partial charge in [0.2, 0.25) is 5.91 Å². The molecule has 1 amide bonds. The van der Waals surface area contributed by atoms with Crippen LogP contribution in [0.5, 0.6) is 0 Å². The lowest BCUT2D eigenvalue weighted by molar-refractivity contribution is -0.121. The fourth-order valence-electron chi connectivity index (χ4n) is 5.22. The van der Waals surface area contributed by atoms with E-state index in [4.69, 9.17) is 0 Å². The Morgan fingerprint density at radius 1 is 0.816 bits per heavy atom. The molecule has 2 N–H and O–H groups in total. The quantitative estimate of drug-likeness (QED) is 0.153. The predicted octanol–water partition coefficient (Wildman–Crippen LogP) is 4.90. The molecule has 0 aliphatic heterocycles. The molecule has 0 atom stereocenters. The van der Waals surface area contributed by atoms with Crippen LogP contribution in [-0.2, 0) is 11.3 Å². The summed E-state index contributed by atoms with van der Waals surface area (Å²) in [5, 5.41) is 12.1. The first kappa shape index (κ1) is 23.5. The van der Waals surface area contributed by atoms with Crippen molar-refractivity contribution in [3.63, 3.8) is 0 Å². The van der Waals surface area contributed by atoms with E-state index >= 15 is 0 Å². The molecule has 0 saturated heterocycles. The zero-order chi connectivity index (χ0) is 26.2. The molecule has 1 aromatic heterocycles. The number of rotatable bonds is 5. The van der Waals surface area contributed by atoms with Crippen molar-refractivity contribution in [1.82, 2.24) is 14.9 Å². The standard InChI is InChI=1S/C32H25N3O3/c1-2-3-17-33-28(36)19-35-18-22(31(37)34-32(35)38)14-13-20-15-16-27-25-11-5-8-21-7-4-10-24(29(21)25)26-12-6-9-23(20)30(26)27/h4-12,15-16,18H,2-3,17,19H2,1H3,(H,33,36)(H,34,37,38). The van der Waals surface area contributed by atoms with Gasteiger partial charge in [0.25, 0.3) is 5.56 Å². The Morgan fingerprint density at radius 2 is 1.45 bits per heavy atom. The van der Waals surface area contributed by atoms with E-state index in [1.807, 2.05) is 25.1 Å². The minimum absolute atomic E-state index is 0.126. The number of hydrogen-bond donors (Lipinski definition) is 2. The van der Waals surface area contributed by atoms with Gasteiger partial charge in [0.05, 0.1) is 0 Å². The zero-order valence-corrected chi connectivity index (χ0v) is 20.9. The smallest absolute Gasteiger partial charge is 0.328 e. The molecular weight excluding hydrogens is 474 g/mol. The van der Waals surface area contributed by atoms with E-state index in [1.54, 1.807) is 0 Å². The molecule has 6 rings (SSSR count). The first-order valence-electron chi connectivity index (χ1n) is 12.8. The molecule has 186 valence electrons. The molecule has 5 aromatic carbocycles. The molecule has 0 aliphatic carbocycles. The summed E-state index contributed by atoms with van der Waals surface area (Å²) in [5.41, 5.74) is -0.303. The van der Waals surface area contributed by atoms with Crippen LogP contribution < -0.4 is 16.6 Å². The monoisotopic (exact) mass is 499 g/mol. The minimum atomic E-state index is -0.638. The molecule has 0 spiro atoms. The highest BCUT2D eigenvalue weighted by molar-refractivity contribution is 6.33. The van der Waals surface area contributed by atoms with Crippen molar-refractivity contribution < 1.29 is 4.79 Å². The van der Waals surface area contributed by atoms with Gasteiger partial charge in [-0.25, -0.2) is 4.79 Å². The van der Waals surface area contributed by atoms with Gasteiger partial charge >= 0.3 is 5.69 Å². The van der Waals surface area contributed by atoms with Gasteiger partial charge in [-0.3, -0.25) is 19.1 Å². The van der Waals surface area contributed by atoms with E-state index in [0.717, 1.165) is 39.9 Å². The number of unbranched alkanes of at least 4 members (excludes halogenated alkanes) is 1. The summed E-state index contributed by atoms with van der Waals surface area (Å²) in [6.45, 7) is 2.40. The Morgan fingerprint density at radius 3 is 2.18 bits per heavy atom. The van der Waals surface area contributed by atoms with E-state index in [9.17, 15) is 14.4 Å². The lowest BCUT2D eigenvalue weighted by Crippen LogP contribution is -2.36. The minimum Gasteiger partial charge on any atom is -0.355 e. The van der Waals surface area contributed by atoms with Crippen molar-refractivity contribution >= 4 is 49.0 Å². The third-order valence-electron chi connectivity index (χ3n) is 7.03. The van der Waals surface area contributed by atoms with Crippen LogP contribution in [0.25, 0.3) is 43.1 Å². The number of aromatic amines is 1. The summed E-state index contributed by atoms with van der Waals surface area (Å²) in [7, 11) is 0. The number of nitrogens with one attached hydrogen (secondary N) is 2. The van der Waals surface area contributed by atoms with Gasteiger partial charge in [0, 0.05) is 18.3 Å². The number of aromatic nitrogens is 2. The highest BCUT2D eigenvalue weighted by atomic mass is 16.2. The van der Waals surface area contributed by atoms with Crippen LogP contribution in [0.2, 0.25) is 0 Å². The molecular formula is C32H25N3O3. The molecule has 0 unspecified atom stereocenters. The van der Waals surface area contributed by atoms with Crippen LogP contribution in [0, 0.1) is 11.8 Å². The van der Waals surface area contributed by atoms with E-state index < -0.39 is 11.2 Å². The highest BCUT2D eigenvalue weighted by Gasteiger charge is 2.14. The van der Waals surface area contributed by atoms with Gasteiger partial charge in [0.1, 0.15) is 12.1 Å². The fourth-order valence-corrected chi connectivity index (χ4v) is 5.22. The molecule has 6 aromatic rings. The number of fused-ring (bicyclic) bond motifs is 2. The average molecular weight is 500 g/mol. The molecule has 38 heavy (non-hydrogen) atoms. The zero-order valence-electron chi connectivity index (χ0n) is 20.9. The van der Waals surface area contributed by atoms with Gasteiger partial charge in [-0.05, 0) is 55.6 Å². The second kappa shape index (κ2) is 9.53. The number of H-pyrrole nitrogens is 1. The molecule has 1 heterocycles. The molecule has 0 radical (unpaired) electrons. The number of nitrogens with zero attached hydrogens (tertiary/aromatic N) is 1. The Kier molecular flexibility index (Phi) is 5.89. The molecule has 6 nitrogen and oxygen atoms in total. The number of hydrogen-bond acceptors (Lipinski definition) is 3. The first-order chi connectivity index (χ1) is 18.5. The lowest BCUT2D eigenvalue weighted by Gasteiger charge is -2.14. The summed E-state index contributed by atoms with van der Waals surface area (Å²) in [6.07, 6.45) is 3.17. The maximum Gasteiger partial charge on any atom is 0.328 e. The molecule has 0 aliphatic rings. The van der Waals surface area contributed by atoms with Crippen molar-refractivity contribution in [2.75, 3.05) is 6.54 Å². The topological polar surface area (TPSA) is 84.0 Å². The summed E-state index contributed by atoms with van der Waals surface area (Å²) < 4.78 is 1.18. The summed E-state index contributed by atoms with van der Waals surface area (Å²) in [5.74, 6) is 5.81. The summed E-state index contributed by atoms with van der Waals surface area (Å²) in [4.78, 5) is 39.3. The van der Waals surface area contributed by atoms with E-state index in [1.165, 1.54) is 32.3 Å². The van der Waals surface area contributed by atoms with Gasteiger partial charge in [-0.1, -0.05) is 85.8 Å². The second-order valence-electron chi connectivity index (χ2n) is 9.48. The lowest BCUT2D eigenvalue weighted by atomic mass is 9.88. The number of carbonyl (C=O) groups excluding carboxylic acids is 1. The van der Waals surface area contributed by atoms with Crippen molar-refractivity contribution in [2.24, 2.45) is 0 Å². The normalized spacial score (nSPS) is 11.3.